The van der Waals surface area contributed by atoms with E-state index in [0.717, 1.165) is 10.0 Å². The molecule has 15 heavy (non-hydrogen) atoms. The van der Waals surface area contributed by atoms with Crippen molar-refractivity contribution in [2.24, 2.45) is 5.16 Å². The van der Waals surface area contributed by atoms with Crippen LogP contribution in [-0.2, 0) is 0 Å². The molecule has 5 heteroatoms. The minimum Gasteiger partial charge on any atom is -0.493 e. The summed E-state index contributed by atoms with van der Waals surface area (Å²) >= 11 is 3.34. The standard InChI is InChI=1S/C10H12BrNO3/c1-3-15-10-4-7(6-12-13)8(11)5-9(10)14-2/h4-6,13H,3H2,1-2H3/b12-6+. The quantitative estimate of drug-likeness (QED) is 0.521. The van der Waals surface area contributed by atoms with Crippen LogP contribution in [0, 0.1) is 0 Å². The molecule has 0 amide bonds. The fraction of sp³-hybridized carbons (Fsp3) is 0.300. The molecule has 0 saturated heterocycles. The van der Waals surface area contributed by atoms with Crippen LogP contribution in [0.15, 0.2) is 21.8 Å². The average molecular weight is 274 g/mol. The number of benzene rings is 1. The first-order valence-electron chi connectivity index (χ1n) is 4.40. The van der Waals surface area contributed by atoms with Crippen molar-refractivity contribution in [2.45, 2.75) is 6.92 Å². The SMILES string of the molecule is CCOc1cc(/C=N/O)c(Br)cc1OC. The Labute approximate surface area is 96.6 Å². The van der Waals surface area contributed by atoms with E-state index < -0.39 is 0 Å². The summed E-state index contributed by atoms with van der Waals surface area (Å²) in [6.07, 6.45) is 1.33. The van der Waals surface area contributed by atoms with E-state index in [0.29, 0.717) is 18.1 Å². The number of oxime groups is 1. The third-order valence-electron chi connectivity index (χ3n) is 1.78. The second-order valence-electron chi connectivity index (χ2n) is 2.70. The molecule has 82 valence electrons. The Morgan fingerprint density at radius 2 is 2.20 bits per heavy atom. The highest BCUT2D eigenvalue weighted by molar-refractivity contribution is 9.10. The number of nitrogens with zero attached hydrogens (tertiary/aromatic N) is 1. The van der Waals surface area contributed by atoms with Gasteiger partial charge in [0.2, 0.25) is 0 Å². The molecule has 0 aliphatic rings. The number of methoxy groups -OCH3 is 1. The number of halogens is 1. The Bertz CT molecular complexity index is 366. The molecule has 0 fully saturated rings. The zero-order valence-corrected chi connectivity index (χ0v) is 10.1. The Morgan fingerprint density at radius 1 is 1.47 bits per heavy atom. The Balaban J connectivity index is 3.17. The first kappa shape index (κ1) is 11.8. The van der Waals surface area contributed by atoms with Crippen LogP contribution >= 0.6 is 15.9 Å². The first-order chi connectivity index (χ1) is 7.22. The van der Waals surface area contributed by atoms with E-state index in [-0.39, 0.29) is 0 Å². The molecule has 1 rings (SSSR count). The maximum Gasteiger partial charge on any atom is 0.161 e. The van der Waals surface area contributed by atoms with Crippen molar-refractivity contribution in [1.29, 1.82) is 0 Å². The van der Waals surface area contributed by atoms with Crippen LogP contribution in [0.5, 0.6) is 11.5 Å². The van der Waals surface area contributed by atoms with Gasteiger partial charge >= 0.3 is 0 Å². The van der Waals surface area contributed by atoms with Gasteiger partial charge in [0.15, 0.2) is 11.5 Å². The van der Waals surface area contributed by atoms with Crippen molar-refractivity contribution in [3.05, 3.63) is 22.2 Å². The monoisotopic (exact) mass is 273 g/mol. The summed E-state index contributed by atoms with van der Waals surface area (Å²) in [4.78, 5) is 0. The Morgan fingerprint density at radius 3 is 2.73 bits per heavy atom. The molecule has 1 N–H and O–H groups in total. The summed E-state index contributed by atoms with van der Waals surface area (Å²) in [7, 11) is 1.57. The lowest BCUT2D eigenvalue weighted by atomic mass is 10.2. The van der Waals surface area contributed by atoms with Crippen LogP contribution in [0.2, 0.25) is 0 Å². The van der Waals surface area contributed by atoms with Gasteiger partial charge in [-0.2, -0.15) is 0 Å². The lowest BCUT2D eigenvalue weighted by Gasteiger charge is -2.10. The molecular weight excluding hydrogens is 262 g/mol. The van der Waals surface area contributed by atoms with Crippen LogP contribution in [0.25, 0.3) is 0 Å². The van der Waals surface area contributed by atoms with E-state index in [4.69, 9.17) is 14.7 Å². The van der Waals surface area contributed by atoms with Gasteiger partial charge in [0.1, 0.15) is 0 Å². The molecule has 0 spiro atoms. The molecule has 0 atom stereocenters. The van der Waals surface area contributed by atoms with E-state index in [2.05, 4.69) is 21.1 Å². The van der Waals surface area contributed by atoms with E-state index in [1.54, 1.807) is 19.2 Å². The third kappa shape index (κ3) is 2.86. The van der Waals surface area contributed by atoms with Crippen LogP contribution in [0.1, 0.15) is 12.5 Å². The van der Waals surface area contributed by atoms with Gasteiger partial charge < -0.3 is 14.7 Å². The summed E-state index contributed by atoms with van der Waals surface area (Å²) in [6.45, 7) is 2.44. The fourth-order valence-electron chi connectivity index (χ4n) is 1.14. The van der Waals surface area contributed by atoms with Gasteiger partial charge in [0.05, 0.1) is 19.9 Å². The average Bonchev–Trinajstić information content (AvgIpc) is 2.23. The molecule has 1 aromatic carbocycles. The summed E-state index contributed by atoms with van der Waals surface area (Å²) < 4.78 is 11.3. The van der Waals surface area contributed by atoms with E-state index in [1.807, 2.05) is 6.92 Å². The summed E-state index contributed by atoms with van der Waals surface area (Å²) in [6, 6.07) is 3.51. The van der Waals surface area contributed by atoms with Gasteiger partial charge in [-0.25, -0.2) is 0 Å². The zero-order valence-electron chi connectivity index (χ0n) is 8.53. The van der Waals surface area contributed by atoms with Gasteiger partial charge in [0.25, 0.3) is 0 Å². The highest BCUT2D eigenvalue weighted by atomic mass is 79.9. The van der Waals surface area contributed by atoms with Crippen molar-refractivity contribution in [1.82, 2.24) is 0 Å². The largest absolute Gasteiger partial charge is 0.493 e. The molecule has 0 saturated carbocycles. The molecule has 0 heterocycles. The summed E-state index contributed by atoms with van der Waals surface area (Å²) in [5.74, 6) is 1.26. The molecule has 0 aromatic heterocycles. The number of rotatable bonds is 4. The highest BCUT2D eigenvalue weighted by Crippen LogP contribution is 2.32. The fourth-order valence-corrected chi connectivity index (χ4v) is 1.56. The number of hydrogen-bond acceptors (Lipinski definition) is 4. The topological polar surface area (TPSA) is 51.0 Å². The minimum absolute atomic E-state index is 0.549. The normalized spacial score (nSPS) is 10.6. The van der Waals surface area contributed by atoms with E-state index in [1.165, 1.54) is 6.21 Å². The van der Waals surface area contributed by atoms with Crippen molar-refractivity contribution in [3.63, 3.8) is 0 Å². The molecule has 0 aliphatic heterocycles. The van der Waals surface area contributed by atoms with Gasteiger partial charge in [-0.1, -0.05) is 5.16 Å². The maximum absolute atomic E-state index is 8.47. The predicted octanol–water partition coefficient (Wildman–Crippen LogP) is 2.66. The van der Waals surface area contributed by atoms with Crippen molar-refractivity contribution >= 4 is 22.1 Å². The first-order valence-corrected chi connectivity index (χ1v) is 5.20. The van der Waals surface area contributed by atoms with Gasteiger partial charge in [-0.3, -0.25) is 0 Å². The van der Waals surface area contributed by atoms with Crippen LogP contribution in [0.4, 0.5) is 0 Å². The van der Waals surface area contributed by atoms with E-state index in [9.17, 15) is 0 Å². The lowest BCUT2D eigenvalue weighted by molar-refractivity contribution is 0.310. The highest BCUT2D eigenvalue weighted by Gasteiger charge is 2.08. The molecule has 1 aromatic rings. The Hall–Kier alpha value is -1.23. The van der Waals surface area contributed by atoms with Crippen molar-refractivity contribution < 1.29 is 14.7 Å². The van der Waals surface area contributed by atoms with Crippen LogP contribution < -0.4 is 9.47 Å². The van der Waals surface area contributed by atoms with Crippen molar-refractivity contribution in [3.8, 4) is 11.5 Å². The Kier molecular flexibility index (Phi) is 4.42. The maximum atomic E-state index is 8.47. The lowest BCUT2D eigenvalue weighted by Crippen LogP contribution is -1.97. The van der Waals surface area contributed by atoms with Crippen LogP contribution in [-0.4, -0.2) is 25.1 Å². The third-order valence-corrected chi connectivity index (χ3v) is 2.47. The second kappa shape index (κ2) is 5.60. The van der Waals surface area contributed by atoms with Gasteiger partial charge in [-0.05, 0) is 35.0 Å². The molecule has 4 nitrogen and oxygen atoms in total. The number of hydrogen-bond donors (Lipinski definition) is 1. The van der Waals surface area contributed by atoms with Gasteiger partial charge in [0, 0.05) is 10.0 Å². The molecule has 0 bridgehead atoms. The smallest absolute Gasteiger partial charge is 0.161 e. The summed E-state index contributed by atoms with van der Waals surface area (Å²) in [5, 5.41) is 11.4. The second-order valence-corrected chi connectivity index (χ2v) is 3.56. The number of ether oxygens (including phenoxy) is 2. The van der Waals surface area contributed by atoms with Crippen LogP contribution in [0.3, 0.4) is 0 Å². The molecule has 0 unspecified atom stereocenters. The summed E-state index contributed by atoms with van der Waals surface area (Å²) in [5.41, 5.74) is 0.724. The zero-order chi connectivity index (χ0) is 11.3. The molecule has 0 aliphatic carbocycles. The minimum atomic E-state index is 0.549. The van der Waals surface area contributed by atoms with Crippen molar-refractivity contribution in [2.75, 3.05) is 13.7 Å². The predicted molar refractivity (Wildman–Crippen MR) is 61.2 cm³/mol. The van der Waals surface area contributed by atoms with E-state index >= 15 is 0 Å². The molecule has 0 radical (unpaired) electrons. The molecular formula is C10H12BrNO3. The van der Waals surface area contributed by atoms with Gasteiger partial charge in [-0.15, -0.1) is 0 Å².